The molecule has 0 bridgehead atoms. The summed E-state index contributed by atoms with van der Waals surface area (Å²) in [7, 11) is 0. The van der Waals surface area contributed by atoms with Crippen LogP contribution in [-0.4, -0.2) is 26.6 Å². The van der Waals surface area contributed by atoms with Crippen LogP contribution in [0.25, 0.3) is 16.6 Å². The van der Waals surface area contributed by atoms with E-state index in [0.29, 0.717) is 12.8 Å². The zero-order valence-corrected chi connectivity index (χ0v) is 19.3. The third kappa shape index (κ3) is 4.44. The maximum absolute atomic E-state index is 12.7. The Labute approximate surface area is 188 Å². The Hall–Kier alpha value is -3.41. The molecule has 1 atom stereocenters. The summed E-state index contributed by atoms with van der Waals surface area (Å²) in [6.45, 7) is 10.0. The summed E-state index contributed by atoms with van der Waals surface area (Å²) in [6, 6.07) is 15.8. The summed E-state index contributed by atoms with van der Waals surface area (Å²) in [6.07, 6.45) is 1.12. The molecule has 6 heteroatoms. The predicted octanol–water partition coefficient (Wildman–Crippen LogP) is 5.10. The van der Waals surface area contributed by atoms with Crippen molar-refractivity contribution in [3.8, 4) is 5.75 Å². The molecule has 0 aliphatic carbocycles. The van der Waals surface area contributed by atoms with E-state index >= 15 is 0 Å². The minimum Gasteiger partial charge on any atom is -0.491 e. The van der Waals surface area contributed by atoms with Crippen molar-refractivity contribution in [2.24, 2.45) is 0 Å². The number of carbonyl (C=O) groups excluding carboxylic acids is 1. The lowest BCUT2D eigenvalue weighted by Crippen LogP contribution is -2.27. The van der Waals surface area contributed by atoms with Crippen molar-refractivity contribution in [2.45, 2.75) is 59.6 Å². The van der Waals surface area contributed by atoms with Crippen LogP contribution in [0.1, 0.15) is 55.7 Å². The first kappa shape index (κ1) is 21.8. The number of fused-ring (bicyclic) bond motifs is 3. The number of benzene rings is 2. The van der Waals surface area contributed by atoms with Crippen molar-refractivity contribution >= 4 is 22.5 Å². The van der Waals surface area contributed by atoms with E-state index in [1.165, 1.54) is 0 Å². The van der Waals surface area contributed by atoms with Gasteiger partial charge in [-0.15, -0.1) is 0 Å². The van der Waals surface area contributed by atoms with Gasteiger partial charge >= 0.3 is 0 Å². The maximum Gasteiger partial charge on any atom is 0.220 e. The van der Waals surface area contributed by atoms with Crippen LogP contribution >= 0.6 is 0 Å². The number of hydrogen-bond donors (Lipinski definition) is 1. The van der Waals surface area contributed by atoms with Gasteiger partial charge in [-0.25, -0.2) is 9.50 Å². The first-order valence-corrected chi connectivity index (χ1v) is 11.1. The number of hydrogen-bond acceptors (Lipinski definition) is 4. The van der Waals surface area contributed by atoms with E-state index < -0.39 is 0 Å². The van der Waals surface area contributed by atoms with Crippen LogP contribution in [0.4, 0.5) is 0 Å². The molecule has 2 aromatic heterocycles. The number of aromatic nitrogens is 3. The Kier molecular flexibility index (Phi) is 6.12. The highest BCUT2D eigenvalue weighted by Crippen LogP contribution is 2.23. The minimum atomic E-state index is -0.0996. The van der Waals surface area contributed by atoms with Crippen LogP contribution in [0, 0.1) is 13.8 Å². The zero-order valence-electron chi connectivity index (χ0n) is 19.3. The summed E-state index contributed by atoms with van der Waals surface area (Å²) < 4.78 is 7.67. The van der Waals surface area contributed by atoms with E-state index in [1.807, 2.05) is 87.7 Å². The molecule has 4 rings (SSSR count). The van der Waals surface area contributed by atoms with Crippen LogP contribution in [-0.2, 0) is 11.2 Å². The third-order valence-electron chi connectivity index (χ3n) is 5.73. The molecule has 0 aliphatic heterocycles. The van der Waals surface area contributed by atoms with Gasteiger partial charge in [0.1, 0.15) is 5.75 Å². The molecule has 0 aliphatic rings. The summed E-state index contributed by atoms with van der Waals surface area (Å²) in [4.78, 5) is 17.5. The lowest BCUT2D eigenvalue weighted by molar-refractivity contribution is -0.121. The largest absolute Gasteiger partial charge is 0.491 e. The number of aryl methyl sites for hydroxylation is 2. The fourth-order valence-electron chi connectivity index (χ4n) is 4.10. The second kappa shape index (κ2) is 8.99. The highest BCUT2D eigenvalue weighted by molar-refractivity contribution is 5.92. The van der Waals surface area contributed by atoms with Crippen molar-refractivity contribution in [1.29, 1.82) is 0 Å². The van der Waals surface area contributed by atoms with E-state index in [1.54, 1.807) is 0 Å². The van der Waals surface area contributed by atoms with Crippen molar-refractivity contribution in [3.63, 3.8) is 0 Å². The molecular weight excluding hydrogens is 400 g/mol. The Morgan fingerprint density at radius 2 is 1.88 bits per heavy atom. The van der Waals surface area contributed by atoms with E-state index in [0.717, 1.165) is 44.8 Å². The van der Waals surface area contributed by atoms with Crippen molar-refractivity contribution in [3.05, 3.63) is 71.0 Å². The fourth-order valence-corrected chi connectivity index (χ4v) is 4.10. The van der Waals surface area contributed by atoms with E-state index in [-0.39, 0.29) is 18.1 Å². The lowest BCUT2D eigenvalue weighted by Gasteiger charge is -2.17. The second-order valence-electron chi connectivity index (χ2n) is 8.54. The van der Waals surface area contributed by atoms with Gasteiger partial charge < -0.3 is 10.1 Å². The van der Waals surface area contributed by atoms with Gasteiger partial charge in [0.15, 0.2) is 5.65 Å². The Bertz CT molecular complexity index is 1280. The first-order valence-electron chi connectivity index (χ1n) is 11.1. The normalized spacial score (nSPS) is 12.4. The van der Waals surface area contributed by atoms with Crippen LogP contribution < -0.4 is 10.1 Å². The first-order chi connectivity index (χ1) is 15.3. The third-order valence-corrected chi connectivity index (χ3v) is 5.73. The molecule has 1 amide bonds. The molecule has 6 nitrogen and oxygen atoms in total. The van der Waals surface area contributed by atoms with Gasteiger partial charge in [0.2, 0.25) is 5.91 Å². The SMILES string of the molecule is Cc1nc2c3ccccc3nn2c(C)c1CCC(=O)NC(C)c1cccc(OC(C)C)c1. The molecule has 0 spiro atoms. The van der Waals surface area contributed by atoms with Crippen molar-refractivity contribution < 1.29 is 9.53 Å². The molecule has 166 valence electrons. The highest BCUT2D eigenvalue weighted by atomic mass is 16.5. The average Bonchev–Trinajstić information content (AvgIpc) is 3.12. The monoisotopic (exact) mass is 430 g/mol. The van der Waals surface area contributed by atoms with E-state index in [2.05, 4.69) is 5.32 Å². The topological polar surface area (TPSA) is 68.5 Å². The van der Waals surface area contributed by atoms with E-state index in [4.69, 9.17) is 14.8 Å². The average molecular weight is 431 g/mol. The van der Waals surface area contributed by atoms with Gasteiger partial charge in [-0.05, 0) is 76.4 Å². The Balaban J connectivity index is 1.46. The van der Waals surface area contributed by atoms with Crippen LogP contribution in [0.2, 0.25) is 0 Å². The highest BCUT2D eigenvalue weighted by Gasteiger charge is 2.16. The fraction of sp³-hybridized carbons (Fsp3) is 0.346. The molecule has 1 unspecified atom stereocenters. The number of carbonyl (C=O) groups is 1. The van der Waals surface area contributed by atoms with Crippen LogP contribution in [0.3, 0.4) is 0 Å². The van der Waals surface area contributed by atoms with Gasteiger partial charge in [-0.2, -0.15) is 5.10 Å². The predicted molar refractivity (Wildman–Crippen MR) is 127 cm³/mol. The Morgan fingerprint density at radius 3 is 2.66 bits per heavy atom. The molecule has 2 aromatic carbocycles. The summed E-state index contributed by atoms with van der Waals surface area (Å²) in [5, 5.41) is 8.85. The summed E-state index contributed by atoms with van der Waals surface area (Å²) in [5.74, 6) is 0.827. The molecule has 0 saturated carbocycles. The van der Waals surface area contributed by atoms with Gasteiger partial charge in [-0.1, -0.05) is 24.3 Å². The number of ether oxygens (including phenoxy) is 1. The van der Waals surface area contributed by atoms with Gasteiger partial charge in [0.05, 0.1) is 17.7 Å². The molecule has 32 heavy (non-hydrogen) atoms. The van der Waals surface area contributed by atoms with Gasteiger partial charge in [0, 0.05) is 23.2 Å². The molecule has 0 fully saturated rings. The second-order valence-corrected chi connectivity index (χ2v) is 8.54. The minimum absolute atomic E-state index is 0.0113. The smallest absolute Gasteiger partial charge is 0.220 e. The number of rotatable bonds is 7. The van der Waals surface area contributed by atoms with E-state index in [9.17, 15) is 4.79 Å². The zero-order chi connectivity index (χ0) is 22.8. The van der Waals surface area contributed by atoms with Crippen molar-refractivity contribution in [1.82, 2.24) is 19.9 Å². The molecule has 4 aromatic rings. The Morgan fingerprint density at radius 1 is 1.09 bits per heavy atom. The molecule has 0 radical (unpaired) electrons. The van der Waals surface area contributed by atoms with Gasteiger partial charge in [0.25, 0.3) is 0 Å². The summed E-state index contributed by atoms with van der Waals surface area (Å²) in [5.41, 5.74) is 5.86. The molecule has 0 saturated heterocycles. The van der Waals surface area contributed by atoms with Crippen molar-refractivity contribution in [2.75, 3.05) is 0 Å². The summed E-state index contributed by atoms with van der Waals surface area (Å²) >= 11 is 0. The van der Waals surface area contributed by atoms with Gasteiger partial charge in [-0.3, -0.25) is 4.79 Å². The molecule has 1 N–H and O–H groups in total. The number of nitrogens with one attached hydrogen (secondary N) is 1. The molecule has 2 heterocycles. The quantitative estimate of drug-likeness (QED) is 0.443. The number of nitrogens with zero attached hydrogens (tertiary/aromatic N) is 3. The standard InChI is InChI=1S/C26H30N4O2/c1-16(2)32-21-10-8-9-20(15-21)17(3)27-25(31)14-13-22-18(4)28-26-23-11-6-7-12-24(23)29-30(26)19(22)5/h6-12,15-17H,13-14H2,1-5H3,(H,27,31). The number of amides is 1. The van der Waals surface area contributed by atoms with Crippen LogP contribution in [0.15, 0.2) is 48.5 Å². The maximum atomic E-state index is 12.7. The molecular formula is C26H30N4O2. The van der Waals surface area contributed by atoms with Crippen LogP contribution in [0.5, 0.6) is 5.75 Å². The lowest BCUT2D eigenvalue weighted by atomic mass is 10.0.